The van der Waals surface area contributed by atoms with Crippen LogP contribution in [0.2, 0.25) is 5.02 Å². The van der Waals surface area contributed by atoms with E-state index in [0.717, 1.165) is 6.20 Å². The van der Waals surface area contributed by atoms with Gasteiger partial charge in [-0.3, -0.25) is 19.6 Å². The van der Waals surface area contributed by atoms with E-state index in [-0.39, 0.29) is 27.8 Å². The van der Waals surface area contributed by atoms with E-state index < -0.39 is 23.5 Å². The van der Waals surface area contributed by atoms with Crippen molar-refractivity contribution in [2.75, 3.05) is 5.32 Å². The van der Waals surface area contributed by atoms with Gasteiger partial charge in [0.1, 0.15) is 23.7 Å². The fourth-order valence-corrected chi connectivity index (χ4v) is 2.34. The van der Waals surface area contributed by atoms with Crippen LogP contribution < -0.4 is 10.1 Å². The van der Waals surface area contributed by atoms with Crippen molar-refractivity contribution in [3.05, 3.63) is 45.2 Å². The first kappa shape index (κ1) is 18.6. The summed E-state index contributed by atoms with van der Waals surface area (Å²) in [6.07, 6.45) is 1.06. The van der Waals surface area contributed by atoms with Crippen LogP contribution in [0.25, 0.3) is 0 Å². The Bertz CT molecular complexity index is 812. The molecule has 1 aromatic carbocycles. The highest BCUT2D eigenvalue weighted by Gasteiger charge is 2.24. The third-order valence-electron chi connectivity index (χ3n) is 3.38. The Balaban J connectivity index is 2.14. The zero-order chi connectivity index (χ0) is 18.7. The van der Waals surface area contributed by atoms with E-state index in [4.69, 9.17) is 11.6 Å². The lowest BCUT2D eigenvalue weighted by atomic mass is 10.2. The highest BCUT2D eigenvalue weighted by atomic mass is 35.5. The number of rotatable bonds is 6. The zero-order valence-electron chi connectivity index (χ0n) is 13.1. The van der Waals surface area contributed by atoms with Crippen LogP contribution >= 0.6 is 11.6 Å². The third kappa shape index (κ3) is 4.21. The molecule has 1 atom stereocenters. The molecule has 1 aromatic heterocycles. The number of aromatic nitrogens is 2. The maximum absolute atomic E-state index is 12.3. The number of anilines is 1. The second kappa shape index (κ2) is 7.43. The molecule has 0 aliphatic heterocycles. The zero-order valence-corrected chi connectivity index (χ0v) is 13.8. The molecule has 1 heterocycles. The number of carbonyl (C=O) groups excluding carboxylic acids is 1. The Kier molecular flexibility index (Phi) is 5.52. The maximum Gasteiger partial charge on any atom is 0.387 e. The number of halogens is 3. The Morgan fingerprint density at radius 1 is 1.48 bits per heavy atom. The molecule has 0 spiro atoms. The summed E-state index contributed by atoms with van der Waals surface area (Å²) in [7, 11) is 0. The first-order valence-corrected chi connectivity index (χ1v) is 7.32. The molecule has 11 heteroatoms. The normalized spacial score (nSPS) is 12.1. The van der Waals surface area contributed by atoms with Gasteiger partial charge in [-0.15, -0.1) is 0 Å². The number of benzene rings is 1. The number of alkyl halides is 2. The maximum atomic E-state index is 12.3. The van der Waals surface area contributed by atoms with Crippen molar-refractivity contribution in [2.45, 2.75) is 26.5 Å². The van der Waals surface area contributed by atoms with Gasteiger partial charge < -0.3 is 10.1 Å². The van der Waals surface area contributed by atoms with Crippen LogP contribution in [0.5, 0.6) is 5.75 Å². The van der Waals surface area contributed by atoms with E-state index in [9.17, 15) is 23.7 Å². The SMILES string of the molecule is Cc1c([N+](=O)[O-])cnn1C(C)C(=O)Nc1ccc(OC(F)F)c(Cl)c1. The smallest absolute Gasteiger partial charge is 0.387 e. The average Bonchev–Trinajstić information content (AvgIpc) is 2.90. The fourth-order valence-electron chi connectivity index (χ4n) is 2.11. The molecule has 0 aliphatic rings. The van der Waals surface area contributed by atoms with Crippen LogP contribution in [-0.4, -0.2) is 27.2 Å². The van der Waals surface area contributed by atoms with E-state index in [0.29, 0.717) is 0 Å². The molecule has 0 radical (unpaired) electrons. The number of amides is 1. The second-order valence-electron chi connectivity index (χ2n) is 5.01. The van der Waals surface area contributed by atoms with Gasteiger partial charge in [-0.2, -0.15) is 13.9 Å². The van der Waals surface area contributed by atoms with Gasteiger partial charge >= 0.3 is 12.3 Å². The molecule has 0 bridgehead atoms. The number of hydrogen-bond donors (Lipinski definition) is 1. The number of hydrogen-bond acceptors (Lipinski definition) is 5. The van der Waals surface area contributed by atoms with Crippen molar-refractivity contribution in [2.24, 2.45) is 0 Å². The van der Waals surface area contributed by atoms with Gasteiger partial charge in [-0.25, -0.2) is 0 Å². The number of ether oxygens (including phenoxy) is 1. The molecule has 0 saturated carbocycles. The van der Waals surface area contributed by atoms with E-state index in [1.807, 2.05) is 0 Å². The fraction of sp³-hybridized carbons (Fsp3) is 0.286. The lowest BCUT2D eigenvalue weighted by Gasteiger charge is -2.15. The molecule has 8 nitrogen and oxygen atoms in total. The van der Waals surface area contributed by atoms with E-state index in [1.54, 1.807) is 0 Å². The molecule has 25 heavy (non-hydrogen) atoms. The van der Waals surface area contributed by atoms with Crippen molar-refractivity contribution < 1.29 is 23.2 Å². The minimum atomic E-state index is -3.02. The molecule has 1 amide bonds. The van der Waals surface area contributed by atoms with Crippen LogP contribution in [0, 0.1) is 17.0 Å². The second-order valence-corrected chi connectivity index (χ2v) is 5.41. The Hall–Kier alpha value is -2.75. The number of nitrogens with zero attached hydrogens (tertiary/aromatic N) is 3. The molecule has 0 aliphatic carbocycles. The minimum absolute atomic E-state index is 0.100. The van der Waals surface area contributed by atoms with E-state index in [2.05, 4.69) is 15.2 Å². The lowest BCUT2D eigenvalue weighted by Crippen LogP contribution is -2.25. The first-order valence-electron chi connectivity index (χ1n) is 6.94. The van der Waals surface area contributed by atoms with E-state index >= 15 is 0 Å². The van der Waals surface area contributed by atoms with Gasteiger partial charge in [-0.05, 0) is 32.0 Å². The van der Waals surface area contributed by atoms with Crippen LogP contribution in [0.1, 0.15) is 18.7 Å². The number of nitro groups is 1. The quantitative estimate of drug-likeness (QED) is 0.615. The largest absolute Gasteiger partial charge is 0.433 e. The number of nitrogens with one attached hydrogen (secondary N) is 1. The van der Waals surface area contributed by atoms with Gasteiger partial charge in [0, 0.05) is 5.69 Å². The summed E-state index contributed by atoms with van der Waals surface area (Å²) in [5.74, 6) is -0.735. The summed E-state index contributed by atoms with van der Waals surface area (Å²) in [5.41, 5.74) is 0.283. The molecule has 2 rings (SSSR count). The van der Waals surface area contributed by atoms with Crippen molar-refractivity contribution >= 4 is 28.9 Å². The topological polar surface area (TPSA) is 99.3 Å². The Labute approximate surface area is 145 Å². The van der Waals surface area contributed by atoms with Gasteiger partial charge in [0.05, 0.1) is 9.95 Å². The van der Waals surface area contributed by atoms with E-state index in [1.165, 1.54) is 36.7 Å². The van der Waals surface area contributed by atoms with Gasteiger partial charge in [0.2, 0.25) is 5.91 Å². The summed E-state index contributed by atoms with van der Waals surface area (Å²) >= 11 is 5.81. The number of carbonyl (C=O) groups is 1. The van der Waals surface area contributed by atoms with Crippen LogP contribution in [0.3, 0.4) is 0 Å². The van der Waals surface area contributed by atoms with Crippen molar-refractivity contribution in [3.63, 3.8) is 0 Å². The summed E-state index contributed by atoms with van der Waals surface area (Å²) in [6, 6.07) is 2.94. The lowest BCUT2D eigenvalue weighted by molar-refractivity contribution is -0.385. The molecular formula is C14H13ClF2N4O4. The monoisotopic (exact) mass is 374 g/mol. The van der Waals surface area contributed by atoms with Crippen molar-refractivity contribution in [3.8, 4) is 5.75 Å². The van der Waals surface area contributed by atoms with Gasteiger partial charge in [0.25, 0.3) is 0 Å². The highest BCUT2D eigenvalue weighted by Crippen LogP contribution is 2.29. The Morgan fingerprint density at radius 3 is 2.68 bits per heavy atom. The minimum Gasteiger partial charge on any atom is -0.433 e. The predicted molar refractivity (Wildman–Crippen MR) is 85.0 cm³/mol. The standard InChI is InChI=1S/C14H13ClF2N4O4/c1-7-11(21(23)24)6-18-20(7)8(2)13(22)19-9-3-4-12(10(15)5-9)25-14(16)17/h3-6,8,14H,1-2H3,(H,19,22). The van der Waals surface area contributed by atoms with Gasteiger partial charge in [-0.1, -0.05) is 11.6 Å². The van der Waals surface area contributed by atoms with Crippen LogP contribution in [0.4, 0.5) is 20.2 Å². The molecular weight excluding hydrogens is 362 g/mol. The summed E-state index contributed by atoms with van der Waals surface area (Å²) in [6.45, 7) is -0.0338. The van der Waals surface area contributed by atoms with Gasteiger partial charge in [0.15, 0.2) is 0 Å². The molecule has 2 aromatic rings. The highest BCUT2D eigenvalue weighted by molar-refractivity contribution is 6.32. The van der Waals surface area contributed by atoms with Crippen LogP contribution in [0.15, 0.2) is 24.4 Å². The Morgan fingerprint density at radius 2 is 2.16 bits per heavy atom. The van der Waals surface area contributed by atoms with Crippen molar-refractivity contribution in [1.29, 1.82) is 0 Å². The summed E-state index contributed by atoms with van der Waals surface area (Å²) < 4.78 is 29.8. The first-order chi connectivity index (χ1) is 11.7. The average molecular weight is 375 g/mol. The molecule has 0 saturated heterocycles. The third-order valence-corrected chi connectivity index (χ3v) is 3.67. The molecule has 1 N–H and O–H groups in total. The predicted octanol–water partition coefficient (Wildman–Crippen LogP) is 3.55. The molecule has 0 fully saturated rings. The summed E-state index contributed by atoms with van der Waals surface area (Å²) in [5, 5.41) is 17.1. The molecule has 134 valence electrons. The van der Waals surface area contributed by atoms with Crippen LogP contribution in [-0.2, 0) is 4.79 Å². The summed E-state index contributed by atoms with van der Waals surface area (Å²) in [4.78, 5) is 22.5. The van der Waals surface area contributed by atoms with Crippen molar-refractivity contribution in [1.82, 2.24) is 9.78 Å². The molecule has 1 unspecified atom stereocenters.